The van der Waals surface area contributed by atoms with E-state index in [1.54, 1.807) is 13.2 Å². The van der Waals surface area contributed by atoms with Crippen molar-refractivity contribution in [3.05, 3.63) is 42.0 Å². The van der Waals surface area contributed by atoms with Crippen LogP contribution in [-0.4, -0.2) is 34.9 Å². The van der Waals surface area contributed by atoms with E-state index in [-0.39, 0.29) is 11.8 Å². The van der Waals surface area contributed by atoms with Gasteiger partial charge in [0, 0.05) is 30.1 Å². The number of nitrogens with zero attached hydrogens (tertiary/aromatic N) is 4. The summed E-state index contributed by atoms with van der Waals surface area (Å²) in [5.74, 6) is 2.05. The van der Waals surface area contributed by atoms with E-state index in [2.05, 4.69) is 15.3 Å². The first kappa shape index (κ1) is 23.0. The lowest BCUT2D eigenvalue weighted by molar-refractivity contribution is -0.123. The molecule has 0 saturated heterocycles. The molecule has 0 radical (unpaired) electrons. The number of anilines is 1. The van der Waals surface area contributed by atoms with Gasteiger partial charge in [-0.3, -0.25) is 4.79 Å². The molecule has 1 saturated carbocycles. The fraction of sp³-hybridized carbons (Fsp3) is 0.520. The summed E-state index contributed by atoms with van der Waals surface area (Å²) in [5, 5.41) is 7.93. The molecule has 8 nitrogen and oxygen atoms in total. The predicted octanol–water partition coefficient (Wildman–Crippen LogP) is 5.37. The standard InChI is InChI=1S/C25H32N4O4/c1-18-26-23(32-27-18)14-7-4-8-15-29(25(30)19-10-5-3-6-11-19)21-13-9-12-20(16-21)22-17-24(31-2)33-28-22/h9,12-13,16-17,19H,3-8,10-11,14-15H2,1-2H3. The van der Waals surface area contributed by atoms with Crippen molar-refractivity contribution in [2.24, 2.45) is 5.92 Å². The van der Waals surface area contributed by atoms with E-state index in [0.717, 1.165) is 62.6 Å². The number of amides is 1. The maximum Gasteiger partial charge on any atom is 0.311 e. The van der Waals surface area contributed by atoms with Gasteiger partial charge in [-0.1, -0.05) is 48.1 Å². The molecule has 2 heterocycles. The minimum atomic E-state index is 0.107. The Morgan fingerprint density at radius 1 is 1.09 bits per heavy atom. The lowest BCUT2D eigenvalue weighted by Gasteiger charge is -2.30. The Morgan fingerprint density at radius 2 is 1.94 bits per heavy atom. The van der Waals surface area contributed by atoms with Gasteiger partial charge in [0.25, 0.3) is 0 Å². The Kier molecular flexibility index (Phi) is 7.75. The summed E-state index contributed by atoms with van der Waals surface area (Å²) in [5.41, 5.74) is 2.49. The van der Waals surface area contributed by atoms with Crippen LogP contribution in [0.5, 0.6) is 5.95 Å². The second kappa shape index (κ2) is 11.1. The lowest BCUT2D eigenvalue weighted by Crippen LogP contribution is -2.38. The molecule has 8 heteroatoms. The molecule has 1 fully saturated rings. The monoisotopic (exact) mass is 452 g/mol. The van der Waals surface area contributed by atoms with E-state index < -0.39 is 0 Å². The van der Waals surface area contributed by atoms with Crippen molar-refractivity contribution >= 4 is 11.6 Å². The van der Waals surface area contributed by atoms with Gasteiger partial charge in [-0.15, -0.1) is 0 Å². The zero-order valence-corrected chi connectivity index (χ0v) is 19.5. The molecule has 0 unspecified atom stereocenters. The Bertz CT molecular complexity index is 1040. The molecule has 0 bridgehead atoms. The summed E-state index contributed by atoms with van der Waals surface area (Å²) < 4.78 is 15.5. The molecule has 33 heavy (non-hydrogen) atoms. The number of rotatable bonds is 10. The van der Waals surface area contributed by atoms with E-state index in [4.69, 9.17) is 13.8 Å². The van der Waals surface area contributed by atoms with Crippen LogP contribution >= 0.6 is 0 Å². The Labute approximate surface area is 194 Å². The summed E-state index contributed by atoms with van der Waals surface area (Å²) in [4.78, 5) is 19.8. The number of ether oxygens (including phenoxy) is 1. The summed E-state index contributed by atoms with van der Waals surface area (Å²) in [6.45, 7) is 2.51. The molecular formula is C25H32N4O4. The van der Waals surface area contributed by atoms with Gasteiger partial charge >= 0.3 is 5.95 Å². The quantitative estimate of drug-likeness (QED) is 0.382. The van der Waals surface area contributed by atoms with E-state index in [9.17, 15) is 4.79 Å². The summed E-state index contributed by atoms with van der Waals surface area (Å²) in [7, 11) is 1.55. The number of carbonyl (C=O) groups is 1. The number of unbranched alkanes of at least 4 members (excludes halogenated alkanes) is 2. The summed E-state index contributed by atoms with van der Waals surface area (Å²) in [6, 6.07) is 9.70. The van der Waals surface area contributed by atoms with Gasteiger partial charge in [0.2, 0.25) is 11.8 Å². The zero-order chi connectivity index (χ0) is 23.0. The third kappa shape index (κ3) is 6.00. The maximum absolute atomic E-state index is 13.5. The third-order valence-electron chi connectivity index (χ3n) is 6.21. The fourth-order valence-corrected chi connectivity index (χ4v) is 4.42. The van der Waals surface area contributed by atoms with Crippen molar-refractivity contribution in [1.29, 1.82) is 0 Å². The number of benzene rings is 1. The second-order valence-corrected chi connectivity index (χ2v) is 8.66. The first-order valence-corrected chi connectivity index (χ1v) is 11.9. The van der Waals surface area contributed by atoms with Crippen molar-refractivity contribution < 1.29 is 18.6 Å². The van der Waals surface area contributed by atoms with Gasteiger partial charge in [-0.25, -0.2) is 0 Å². The van der Waals surface area contributed by atoms with Gasteiger partial charge in [-0.2, -0.15) is 4.98 Å². The van der Waals surface area contributed by atoms with Crippen molar-refractivity contribution in [2.45, 2.75) is 64.7 Å². The third-order valence-corrected chi connectivity index (χ3v) is 6.21. The average molecular weight is 453 g/mol. The van der Waals surface area contributed by atoms with Crippen LogP contribution in [0, 0.1) is 12.8 Å². The maximum atomic E-state index is 13.5. The molecule has 0 aliphatic heterocycles. The Hall–Kier alpha value is -3.16. The first-order valence-electron chi connectivity index (χ1n) is 11.9. The molecule has 2 aromatic heterocycles. The van der Waals surface area contributed by atoms with Crippen LogP contribution in [0.25, 0.3) is 11.3 Å². The molecule has 1 aliphatic carbocycles. The topological polar surface area (TPSA) is 94.5 Å². The summed E-state index contributed by atoms with van der Waals surface area (Å²) in [6.07, 6.45) is 9.05. The Balaban J connectivity index is 1.45. The minimum absolute atomic E-state index is 0.107. The van der Waals surface area contributed by atoms with Crippen molar-refractivity contribution in [2.75, 3.05) is 18.6 Å². The highest BCUT2D eigenvalue weighted by Gasteiger charge is 2.27. The van der Waals surface area contributed by atoms with Gasteiger partial charge in [0.1, 0.15) is 5.69 Å². The summed E-state index contributed by atoms with van der Waals surface area (Å²) >= 11 is 0. The number of hydrogen-bond acceptors (Lipinski definition) is 7. The van der Waals surface area contributed by atoms with Crippen molar-refractivity contribution in [3.8, 4) is 17.2 Å². The molecule has 3 aromatic rings. The normalized spacial score (nSPS) is 14.4. The van der Waals surface area contributed by atoms with E-state index in [1.807, 2.05) is 36.1 Å². The predicted molar refractivity (Wildman–Crippen MR) is 124 cm³/mol. The molecule has 0 N–H and O–H groups in total. The molecular weight excluding hydrogens is 420 g/mol. The van der Waals surface area contributed by atoms with E-state index >= 15 is 0 Å². The second-order valence-electron chi connectivity index (χ2n) is 8.66. The highest BCUT2D eigenvalue weighted by molar-refractivity contribution is 5.95. The van der Waals surface area contributed by atoms with Crippen LogP contribution in [0.1, 0.15) is 63.1 Å². The van der Waals surface area contributed by atoms with Gasteiger partial charge in [-0.05, 0) is 44.7 Å². The van der Waals surface area contributed by atoms with E-state index in [1.165, 1.54) is 6.42 Å². The van der Waals surface area contributed by atoms with Crippen LogP contribution in [0.4, 0.5) is 5.69 Å². The van der Waals surface area contributed by atoms with Crippen molar-refractivity contribution in [1.82, 2.24) is 15.3 Å². The zero-order valence-electron chi connectivity index (χ0n) is 19.5. The number of methoxy groups -OCH3 is 1. The van der Waals surface area contributed by atoms with Crippen LogP contribution in [0.15, 0.2) is 39.4 Å². The van der Waals surface area contributed by atoms with Crippen LogP contribution in [-0.2, 0) is 11.2 Å². The number of aromatic nitrogens is 3. The van der Waals surface area contributed by atoms with Gasteiger partial charge in [0.15, 0.2) is 5.82 Å². The van der Waals surface area contributed by atoms with Crippen LogP contribution in [0.2, 0.25) is 0 Å². The molecule has 1 amide bonds. The Morgan fingerprint density at radius 3 is 2.67 bits per heavy atom. The molecule has 0 atom stereocenters. The van der Waals surface area contributed by atoms with Gasteiger partial charge in [0.05, 0.1) is 13.2 Å². The molecule has 1 aliphatic rings. The van der Waals surface area contributed by atoms with Crippen LogP contribution < -0.4 is 9.64 Å². The van der Waals surface area contributed by atoms with E-state index in [0.29, 0.717) is 29.9 Å². The largest absolute Gasteiger partial charge is 0.467 e. The average Bonchev–Trinajstić information content (AvgIpc) is 3.50. The molecule has 176 valence electrons. The van der Waals surface area contributed by atoms with Crippen molar-refractivity contribution in [3.63, 3.8) is 0 Å². The smallest absolute Gasteiger partial charge is 0.311 e. The molecule has 1 aromatic carbocycles. The number of carbonyl (C=O) groups excluding carboxylic acids is 1. The minimum Gasteiger partial charge on any atom is -0.467 e. The highest BCUT2D eigenvalue weighted by atomic mass is 16.6. The molecule has 4 rings (SSSR count). The lowest BCUT2D eigenvalue weighted by atomic mass is 9.88. The highest BCUT2D eigenvalue weighted by Crippen LogP contribution is 2.31. The SMILES string of the molecule is COc1cc(-c2cccc(N(CCCCCc3nc(C)no3)C(=O)C3CCCCC3)c2)no1. The number of hydrogen-bond donors (Lipinski definition) is 0. The van der Waals surface area contributed by atoms with Gasteiger partial charge < -0.3 is 18.7 Å². The number of aryl methyl sites for hydroxylation is 2. The van der Waals surface area contributed by atoms with Crippen LogP contribution in [0.3, 0.4) is 0 Å². The first-order chi connectivity index (χ1) is 16.1. The molecule has 0 spiro atoms. The fourth-order valence-electron chi connectivity index (χ4n) is 4.42.